The van der Waals surface area contributed by atoms with Gasteiger partial charge in [0, 0.05) is 16.6 Å². The van der Waals surface area contributed by atoms with Crippen LogP contribution in [0.2, 0.25) is 5.02 Å². The van der Waals surface area contributed by atoms with Crippen LogP contribution in [0.25, 0.3) is 0 Å². The molecule has 0 saturated heterocycles. The van der Waals surface area contributed by atoms with E-state index in [1.807, 2.05) is 0 Å². The molecule has 1 nitrogen and oxygen atoms in total. The summed E-state index contributed by atoms with van der Waals surface area (Å²) in [5.74, 6) is -0.262. The van der Waals surface area contributed by atoms with Gasteiger partial charge in [0.1, 0.15) is 5.82 Å². The van der Waals surface area contributed by atoms with Crippen molar-refractivity contribution in [3.05, 3.63) is 46.3 Å². The molecule has 3 heteroatoms. The van der Waals surface area contributed by atoms with E-state index in [-0.39, 0.29) is 11.9 Å². The van der Waals surface area contributed by atoms with E-state index < -0.39 is 0 Å². The molecular weight excluding hydrogens is 225 g/mol. The van der Waals surface area contributed by atoms with Crippen molar-refractivity contribution >= 4 is 11.6 Å². The van der Waals surface area contributed by atoms with Gasteiger partial charge in [0.25, 0.3) is 0 Å². The van der Waals surface area contributed by atoms with Crippen LogP contribution in [0.15, 0.2) is 29.8 Å². The highest BCUT2D eigenvalue weighted by Gasteiger charge is 2.16. The van der Waals surface area contributed by atoms with E-state index in [2.05, 4.69) is 6.08 Å². The van der Waals surface area contributed by atoms with Crippen molar-refractivity contribution in [2.24, 2.45) is 5.73 Å². The summed E-state index contributed by atoms with van der Waals surface area (Å²) in [5, 5.41) is 0.467. The first-order chi connectivity index (χ1) is 7.68. The topological polar surface area (TPSA) is 26.0 Å². The largest absolute Gasteiger partial charge is 0.324 e. The van der Waals surface area contributed by atoms with Crippen molar-refractivity contribution in [2.75, 3.05) is 0 Å². The van der Waals surface area contributed by atoms with E-state index in [1.54, 1.807) is 12.1 Å². The van der Waals surface area contributed by atoms with Gasteiger partial charge < -0.3 is 5.73 Å². The molecule has 1 aliphatic carbocycles. The minimum absolute atomic E-state index is 0.100. The lowest BCUT2D eigenvalue weighted by Gasteiger charge is -2.14. The lowest BCUT2D eigenvalue weighted by molar-refractivity contribution is 0.597. The Morgan fingerprint density at radius 1 is 1.44 bits per heavy atom. The van der Waals surface area contributed by atoms with Crippen LogP contribution in [-0.2, 0) is 6.42 Å². The van der Waals surface area contributed by atoms with Crippen LogP contribution in [0.1, 0.15) is 24.8 Å². The highest BCUT2D eigenvalue weighted by Crippen LogP contribution is 2.25. The molecule has 0 amide bonds. The molecule has 0 aromatic heterocycles. The molecule has 0 radical (unpaired) electrons. The van der Waals surface area contributed by atoms with Gasteiger partial charge >= 0.3 is 0 Å². The average Bonchev–Trinajstić information content (AvgIpc) is 2.76. The summed E-state index contributed by atoms with van der Waals surface area (Å²) in [6.07, 6.45) is 5.94. The zero-order chi connectivity index (χ0) is 11.5. The first kappa shape index (κ1) is 11.6. The van der Waals surface area contributed by atoms with Gasteiger partial charge in [0.05, 0.1) is 0 Å². The smallest absolute Gasteiger partial charge is 0.127 e. The predicted molar refractivity (Wildman–Crippen MR) is 65.0 cm³/mol. The van der Waals surface area contributed by atoms with E-state index >= 15 is 0 Å². The molecule has 1 aliphatic rings. The number of allylic oxidation sites excluding steroid dienone is 1. The predicted octanol–water partition coefficient (Wildman–Crippen LogP) is 3.46. The molecule has 1 aromatic rings. The van der Waals surface area contributed by atoms with E-state index in [0.29, 0.717) is 17.0 Å². The quantitative estimate of drug-likeness (QED) is 0.804. The lowest BCUT2D eigenvalue weighted by atomic mass is 9.99. The van der Waals surface area contributed by atoms with Crippen molar-refractivity contribution in [3.63, 3.8) is 0 Å². The Balaban J connectivity index is 2.14. The lowest BCUT2D eigenvalue weighted by Crippen LogP contribution is -2.25. The fourth-order valence-electron chi connectivity index (χ4n) is 2.11. The van der Waals surface area contributed by atoms with E-state index in [9.17, 15) is 4.39 Å². The summed E-state index contributed by atoms with van der Waals surface area (Å²) in [6, 6.07) is 4.64. The second-order valence-corrected chi connectivity index (χ2v) is 4.59. The highest BCUT2D eigenvalue weighted by molar-refractivity contribution is 6.31. The van der Waals surface area contributed by atoms with Crippen LogP contribution >= 0.6 is 11.6 Å². The minimum Gasteiger partial charge on any atom is -0.324 e. The molecule has 2 rings (SSSR count). The number of halogens is 2. The monoisotopic (exact) mass is 239 g/mol. The fraction of sp³-hybridized carbons (Fsp3) is 0.385. The zero-order valence-corrected chi connectivity index (χ0v) is 9.80. The molecule has 16 heavy (non-hydrogen) atoms. The first-order valence-electron chi connectivity index (χ1n) is 5.56. The summed E-state index contributed by atoms with van der Waals surface area (Å²) >= 11 is 5.97. The molecule has 2 N–H and O–H groups in total. The number of hydrogen-bond acceptors (Lipinski definition) is 1. The Labute approximate surface area is 100 Å². The van der Waals surface area contributed by atoms with Crippen LogP contribution < -0.4 is 5.73 Å². The molecule has 0 aliphatic heterocycles. The van der Waals surface area contributed by atoms with Gasteiger partial charge in [-0.15, -0.1) is 0 Å². The van der Waals surface area contributed by atoms with E-state index in [0.717, 1.165) is 19.3 Å². The third kappa shape index (κ3) is 2.45. The molecule has 0 heterocycles. The number of benzene rings is 1. The van der Waals surface area contributed by atoms with Crippen molar-refractivity contribution in [3.8, 4) is 0 Å². The molecular formula is C13H15ClFN. The van der Waals surface area contributed by atoms with Crippen molar-refractivity contribution < 1.29 is 4.39 Å². The van der Waals surface area contributed by atoms with Gasteiger partial charge in [-0.25, -0.2) is 4.39 Å². The van der Waals surface area contributed by atoms with E-state index in [1.165, 1.54) is 11.6 Å². The number of rotatable bonds is 3. The normalized spacial score (nSPS) is 17.3. The van der Waals surface area contributed by atoms with Gasteiger partial charge in [-0.1, -0.05) is 29.3 Å². The zero-order valence-electron chi connectivity index (χ0n) is 9.05. The Kier molecular flexibility index (Phi) is 3.62. The Hall–Kier alpha value is -0.860. The Morgan fingerprint density at radius 2 is 2.25 bits per heavy atom. The molecule has 86 valence electrons. The van der Waals surface area contributed by atoms with Gasteiger partial charge in [-0.3, -0.25) is 0 Å². The second kappa shape index (κ2) is 4.98. The summed E-state index contributed by atoms with van der Waals surface area (Å²) in [5.41, 5.74) is 7.82. The van der Waals surface area contributed by atoms with Gasteiger partial charge in [-0.05, 0) is 37.8 Å². The molecule has 1 unspecified atom stereocenters. The van der Waals surface area contributed by atoms with Gasteiger partial charge in [-0.2, -0.15) is 0 Å². The standard InChI is InChI=1S/C13H15ClFN/c14-11-6-3-7-12(15)10(11)8-13(16)9-4-1-2-5-9/h3-4,6-7,13H,1-2,5,8,16H2. The SMILES string of the molecule is NC(Cc1c(F)cccc1Cl)C1=CCCC1. The van der Waals surface area contributed by atoms with Crippen LogP contribution in [0, 0.1) is 5.82 Å². The molecule has 0 fully saturated rings. The number of nitrogens with two attached hydrogens (primary N) is 1. The average molecular weight is 240 g/mol. The highest BCUT2D eigenvalue weighted by atomic mass is 35.5. The molecule has 0 bridgehead atoms. The second-order valence-electron chi connectivity index (χ2n) is 4.18. The fourth-order valence-corrected chi connectivity index (χ4v) is 2.35. The number of hydrogen-bond donors (Lipinski definition) is 1. The van der Waals surface area contributed by atoms with Crippen molar-refractivity contribution in [1.29, 1.82) is 0 Å². The van der Waals surface area contributed by atoms with Crippen molar-refractivity contribution in [2.45, 2.75) is 31.7 Å². The maximum absolute atomic E-state index is 13.5. The maximum atomic E-state index is 13.5. The summed E-state index contributed by atoms with van der Waals surface area (Å²) in [4.78, 5) is 0. The third-order valence-electron chi connectivity index (χ3n) is 3.04. The van der Waals surface area contributed by atoms with Crippen LogP contribution in [-0.4, -0.2) is 6.04 Å². The molecule has 1 atom stereocenters. The van der Waals surface area contributed by atoms with Crippen molar-refractivity contribution in [1.82, 2.24) is 0 Å². The van der Waals surface area contributed by atoms with E-state index in [4.69, 9.17) is 17.3 Å². The van der Waals surface area contributed by atoms with Gasteiger partial charge in [0.15, 0.2) is 0 Å². The Bertz CT molecular complexity index is 394. The summed E-state index contributed by atoms with van der Waals surface area (Å²) in [7, 11) is 0. The van der Waals surface area contributed by atoms with Gasteiger partial charge in [0.2, 0.25) is 0 Å². The summed E-state index contributed by atoms with van der Waals surface area (Å²) < 4.78 is 13.5. The van der Waals surface area contributed by atoms with Crippen LogP contribution in [0.4, 0.5) is 4.39 Å². The molecule has 0 spiro atoms. The molecule has 1 aromatic carbocycles. The van der Waals surface area contributed by atoms with Crippen LogP contribution in [0.5, 0.6) is 0 Å². The van der Waals surface area contributed by atoms with Crippen LogP contribution in [0.3, 0.4) is 0 Å². The summed E-state index contributed by atoms with van der Waals surface area (Å²) in [6.45, 7) is 0. The third-order valence-corrected chi connectivity index (χ3v) is 3.39. The first-order valence-corrected chi connectivity index (χ1v) is 5.93. The maximum Gasteiger partial charge on any atom is 0.127 e. The minimum atomic E-state index is -0.262. The molecule has 0 saturated carbocycles. The Morgan fingerprint density at radius 3 is 2.88 bits per heavy atom.